The van der Waals surface area contributed by atoms with E-state index < -0.39 is 11.6 Å². The van der Waals surface area contributed by atoms with Crippen molar-refractivity contribution in [3.05, 3.63) is 77.8 Å². The number of hydrogen-bond acceptors (Lipinski definition) is 3. The van der Waals surface area contributed by atoms with Crippen molar-refractivity contribution in [2.24, 2.45) is 5.92 Å². The van der Waals surface area contributed by atoms with Gasteiger partial charge < -0.3 is 13.9 Å². The third-order valence-electron chi connectivity index (χ3n) is 4.67. The Labute approximate surface area is 155 Å². The van der Waals surface area contributed by atoms with Gasteiger partial charge in [0.2, 0.25) is 0 Å². The molecule has 27 heavy (non-hydrogen) atoms. The number of hydrogen-bond donors (Lipinski definition) is 0. The number of benzene rings is 1. The summed E-state index contributed by atoms with van der Waals surface area (Å²) in [5, 5.41) is 0. The molecule has 0 atom stereocenters. The van der Waals surface area contributed by atoms with Crippen molar-refractivity contribution in [3.8, 4) is 0 Å². The third kappa shape index (κ3) is 4.07. The average Bonchev–Trinajstić information content (AvgIpc) is 3.12. The largest absolute Gasteiger partial charge is 0.459 e. The minimum absolute atomic E-state index is 0.172. The number of carbonyl (C=O) groups is 1. The Balaban J connectivity index is 1.52. The molecule has 1 fully saturated rings. The molecular formula is C20H19F2N3O2. The van der Waals surface area contributed by atoms with Gasteiger partial charge in [-0.3, -0.25) is 4.79 Å². The SMILES string of the molecule is O=C(c1ccco1)N(Cc1nccn1Cc1ccc(F)c(F)c1)CC1CC1. The van der Waals surface area contributed by atoms with E-state index in [1.807, 2.05) is 4.57 Å². The summed E-state index contributed by atoms with van der Waals surface area (Å²) in [6.45, 7) is 1.32. The second-order valence-electron chi connectivity index (χ2n) is 6.83. The lowest BCUT2D eigenvalue weighted by atomic mass is 10.2. The van der Waals surface area contributed by atoms with Crippen LogP contribution in [-0.2, 0) is 13.1 Å². The first-order valence-electron chi connectivity index (χ1n) is 8.87. The van der Waals surface area contributed by atoms with Crippen molar-refractivity contribution < 1.29 is 18.0 Å². The van der Waals surface area contributed by atoms with Gasteiger partial charge in [-0.1, -0.05) is 6.07 Å². The van der Waals surface area contributed by atoms with Gasteiger partial charge in [-0.05, 0) is 48.6 Å². The van der Waals surface area contributed by atoms with Crippen LogP contribution in [0.15, 0.2) is 53.4 Å². The van der Waals surface area contributed by atoms with Gasteiger partial charge in [0.05, 0.1) is 12.8 Å². The molecule has 1 aliphatic rings. The monoisotopic (exact) mass is 371 g/mol. The van der Waals surface area contributed by atoms with Gasteiger partial charge in [-0.25, -0.2) is 13.8 Å². The topological polar surface area (TPSA) is 51.3 Å². The van der Waals surface area contributed by atoms with E-state index in [9.17, 15) is 13.6 Å². The molecule has 0 radical (unpaired) electrons. The summed E-state index contributed by atoms with van der Waals surface area (Å²) in [6.07, 6.45) is 7.12. The first-order chi connectivity index (χ1) is 13.1. The molecule has 0 aliphatic heterocycles. The highest BCUT2D eigenvalue weighted by molar-refractivity contribution is 5.91. The number of carbonyl (C=O) groups excluding carboxylic acids is 1. The average molecular weight is 371 g/mol. The van der Waals surface area contributed by atoms with Crippen molar-refractivity contribution >= 4 is 5.91 Å². The van der Waals surface area contributed by atoms with E-state index in [1.54, 1.807) is 29.4 Å². The third-order valence-corrected chi connectivity index (χ3v) is 4.67. The summed E-state index contributed by atoms with van der Waals surface area (Å²) >= 11 is 0. The van der Waals surface area contributed by atoms with Crippen LogP contribution in [0.3, 0.4) is 0 Å². The van der Waals surface area contributed by atoms with Crippen LogP contribution >= 0.6 is 0 Å². The van der Waals surface area contributed by atoms with Gasteiger partial charge in [0, 0.05) is 25.5 Å². The van der Waals surface area contributed by atoms with Crippen LogP contribution in [-0.4, -0.2) is 26.9 Å². The van der Waals surface area contributed by atoms with Crippen LogP contribution in [0, 0.1) is 17.6 Å². The van der Waals surface area contributed by atoms with E-state index in [2.05, 4.69) is 4.98 Å². The summed E-state index contributed by atoms with van der Waals surface area (Å²) < 4.78 is 33.7. The fourth-order valence-corrected chi connectivity index (χ4v) is 3.03. The highest BCUT2D eigenvalue weighted by Crippen LogP contribution is 2.30. The summed E-state index contributed by atoms with van der Waals surface area (Å²) in [5.74, 6) is -0.427. The maximum atomic E-state index is 13.5. The summed E-state index contributed by atoms with van der Waals surface area (Å²) in [7, 11) is 0. The Morgan fingerprint density at radius 1 is 1.26 bits per heavy atom. The molecule has 3 aromatic rings. The predicted octanol–water partition coefficient (Wildman–Crippen LogP) is 3.86. The summed E-state index contributed by atoms with van der Waals surface area (Å²) in [6, 6.07) is 7.16. The molecule has 1 saturated carbocycles. The van der Waals surface area contributed by atoms with Crippen LogP contribution in [0.1, 0.15) is 34.8 Å². The van der Waals surface area contributed by atoms with Gasteiger partial charge in [-0.2, -0.15) is 0 Å². The Bertz CT molecular complexity index is 933. The first-order valence-corrected chi connectivity index (χ1v) is 8.87. The molecule has 0 bridgehead atoms. The molecule has 140 valence electrons. The van der Waals surface area contributed by atoms with E-state index in [0.29, 0.717) is 42.7 Å². The van der Waals surface area contributed by atoms with Gasteiger partial charge in [0.15, 0.2) is 17.4 Å². The Hall–Kier alpha value is -2.96. The minimum atomic E-state index is -0.877. The summed E-state index contributed by atoms with van der Waals surface area (Å²) in [5.41, 5.74) is 0.624. The predicted molar refractivity (Wildman–Crippen MR) is 93.9 cm³/mol. The van der Waals surface area contributed by atoms with Crippen molar-refractivity contribution in [3.63, 3.8) is 0 Å². The number of amides is 1. The van der Waals surface area contributed by atoms with Gasteiger partial charge >= 0.3 is 0 Å². The lowest BCUT2D eigenvalue weighted by molar-refractivity contribution is 0.0696. The minimum Gasteiger partial charge on any atom is -0.459 e. The molecular weight excluding hydrogens is 352 g/mol. The molecule has 7 heteroatoms. The number of nitrogens with zero attached hydrogens (tertiary/aromatic N) is 3. The quantitative estimate of drug-likeness (QED) is 0.634. The van der Waals surface area contributed by atoms with Crippen molar-refractivity contribution in [2.45, 2.75) is 25.9 Å². The van der Waals surface area contributed by atoms with E-state index >= 15 is 0 Å². The molecule has 2 heterocycles. The first kappa shape index (κ1) is 17.5. The van der Waals surface area contributed by atoms with Gasteiger partial charge in [-0.15, -0.1) is 0 Å². The van der Waals surface area contributed by atoms with E-state index in [-0.39, 0.29) is 5.91 Å². The van der Waals surface area contributed by atoms with Crippen LogP contribution < -0.4 is 0 Å². The molecule has 4 rings (SSSR count). The van der Waals surface area contributed by atoms with E-state index in [1.165, 1.54) is 18.4 Å². The maximum absolute atomic E-state index is 13.5. The molecule has 5 nitrogen and oxygen atoms in total. The number of aromatic nitrogens is 2. The van der Waals surface area contributed by atoms with Crippen molar-refractivity contribution in [1.82, 2.24) is 14.5 Å². The smallest absolute Gasteiger partial charge is 0.289 e. The highest BCUT2D eigenvalue weighted by Gasteiger charge is 2.29. The lowest BCUT2D eigenvalue weighted by Crippen LogP contribution is -2.33. The number of imidazole rings is 1. The van der Waals surface area contributed by atoms with Crippen LogP contribution in [0.5, 0.6) is 0 Å². The van der Waals surface area contributed by atoms with E-state index in [0.717, 1.165) is 18.9 Å². The van der Waals surface area contributed by atoms with E-state index in [4.69, 9.17) is 4.42 Å². The molecule has 2 aromatic heterocycles. The zero-order valence-corrected chi connectivity index (χ0v) is 14.6. The fourth-order valence-electron chi connectivity index (χ4n) is 3.03. The number of halogens is 2. The zero-order chi connectivity index (χ0) is 18.8. The van der Waals surface area contributed by atoms with Crippen molar-refractivity contribution in [2.75, 3.05) is 6.54 Å². The second kappa shape index (κ2) is 7.34. The zero-order valence-electron chi connectivity index (χ0n) is 14.6. The second-order valence-corrected chi connectivity index (χ2v) is 6.83. The molecule has 1 amide bonds. The van der Waals surface area contributed by atoms with Crippen molar-refractivity contribution in [1.29, 1.82) is 0 Å². The molecule has 0 saturated heterocycles. The Morgan fingerprint density at radius 2 is 2.11 bits per heavy atom. The maximum Gasteiger partial charge on any atom is 0.289 e. The van der Waals surface area contributed by atoms with Gasteiger partial charge in [0.25, 0.3) is 5.91 Å². The molecule has 1 aromatic carbocycles. The van der Waals surface area contributed by atoms with Crippen LogP contribution in [0.4, 0.5) is 8.78 Å². The highest BCUT2D eigenvalue weighted by atomic mass is 19.2. The Morgan fingerprint density at radius 3 is 2.81 bits per heavy atom. The number of rotatable bonds is 7. The van der Waals surface area contributed by atoms with Gasteiger partial charge in [0.1, 0.15) is 5.82 Å². The summed E-state index contributed by atoms with van der Waals surface area (Å²) in [4.78, 5) is 18.8. The molecule has 0 spiro atoms. The van der Waals surface area contributed by atoms with Crippen LogP contribution in [0.25, 0.3) is 0 Å². The normalized spacial score (nSPS) is 13.7. The molecule has 1 aliphatic carbocycles. The lowest BCUT2D eigenvalue weighted by Gasteiger charge is -2.22. The molecule has 0 unspecified atom stereocenters. The number of furan rings is 1. The Kier molecular flexibility index (Phi) is 4.75. The van der Waals surface area contributed by atoms with Crippen LogP contribution in [0.2, 0.25) is 0 Å². The fraction of sp³-hybridized carbons (Fsp3) is 0.300. The standard InChI is InChI=1S/C20H19F2N3O2/c21-16-6-5-15(10-17(16)22)12-24-8-7-23-19(24)13-25(11-14-3-4-14)20(26)18-2-1-9-27-18/h1-2,5-10,14H,3-4,11-13H2. The molecule has 0 N–H and O–H groups in total.